The average Bonchev–Trinajstić information content (AvgIpc) is 2.48. The van der Waals surface area contributed by atoms with Gasteiger partial charge in [-0.15, -0.1) is 0 Å². The van der Waals surface area contributed by atoms with E-state index in [1.54, 1.807) is 0 Å². The summed E-state index contributed by atoms with van der Waals surface area (Å²) >= 11 is 0. The highest BCUT2D eigenvalue weighted by atomic mass is 15.1. The van der Waals surface area contributed by atoms with Gasteiger partial charge in [-0.2, -0.15) is 0 Å². The van der Waals surface area contributed by atoms with Crippen LogP contribution in [0.1, 0.15) is 34.9 Å². The van der Waals surface area contributed by atoms with Crippen LogP contribution in [0.3, 0.4) is 0 Å². The summed E-state index contributed by atoms with van der Waals surface area (Å²) in [6.45, 7) is 10.6. The summed E-state index contributed by atoms with van der Waals surface area (Å²) < 4.78 is 0. The Morgan fingerprint density at radius 3 is 2.86 bits per heavy atom. The SMILES string of the molecule is CCNCc1c2c(nc3c(C)c(C)ccc13)CCN(C)C2. The summed E-state index contributed by atoms with van der Waals surface area (Å²) in [6, 6.07) is 4.49. The first-order valence-corrected chi connectivity index (χ1v) is 7.91. The van der Waals surface area contributed by atoms with E-state index in [0.717, 1.165) is 32.6 Å². The molecule has 2 heterocycles. The number of aryl methyl sites for hydroxylation is 2. The molecule has 1 aromatic heterocycles. The molecule has 0 spiro atoms. The minimum absolute atomic E-state index is 0.939. The fourth-order valence-electron chi connectivity index (χ4n) is 3.22. The fraction of sp³-hybridized carbons (Fsp3) is 0.500. The van der Waals surface area contributed by atoms with Crippen molar-refractivity contribution < 1.29 is 0 Å². The summed E-state index contributed by atoms with van der Waals surface area (Å²) in [5.41, 5.74) is 8.06. The fourth-order valence-corrected chi connectivity index (χ4v) is 3.22. The topological polar surface area (TPSA) is 28.2 Å². The van der Waals surface area contributed by atoms with Gasteiger partial charge in [0.1, 0.15) is 0 Å². The van der Waals surface area contributed by atoms with E-state index in [2.05, 4.69) is 50.2 Å². The molecule has 0 amide bonds. The molecule has 3 nitrogen and oxygen atoms in total. The third-order valence-electron chi connectivity index (χ3n) is 4.70. The molecule has 1 N–H and O–H groups in total. The number of nitrogens with one attached hydrogen (secondary N) is 1. The van der Waals surface area contributed by atoms with E-state index in [-0.39, 0.29) is 0 Å². The van der Waals surface area contributed by atoms with Crippen molar-refractivity contribution >= 4 is 10.9 Å². The number of fused-ring (bicyclic) bond motifs is 2. The lowest BCUT2D eigenvalue weighted by atomic mass is 9.93. The average molecular weight is 283 g/mol. The van der Waals surface area contributed by atoms with Crippen molar-refractivity contribution in [2.24, 2.45) is 0 Å². The van der Waals surface area contributed by atoms with Crippen LogP contribution in [0.5, 0.6) is 0 Å². The van der Waals surface area contributed by atoms with Crippen molar-refractivity contribution in [3.05, 3.63) is 40.1 Å². The molecule has 112 valence electrons. The highest BCUT2D eigenvalue weighted by Gasteiger charge is 2.21. The van der Waals surface area contributed by atoms with E-state index >= 15 is 0 Å². The monoisotopic (exact) mass is 283 g/mol. The van der Waals surface area contributed by atoms with E-state index in [9.17, 15) is 0 Å². The van der Waals surface area contributed by atoms with Crippen molar-refractivity contribution in [3.8, 4) is 0 Å². The molecular formula is C18H25N3. The Kier molecular flexibility index (Phi) is 3.96. The van der Waals surface area contributed by atoms with E-state index in [1.165, 1.54) is 38.9 Å². The maximum absolute atomic E-state index is 5.02. The zero-order valence-electron chi connectivity index (χ0n) is 13.6. The number of benzene rings is 1. The van der Waals surface area contributed by atoms with E-state index in [1.807, 2.05) is 0 Å². The second-order valence-electron chi connectivity index (χ2n) is 6.19. The predicted molar refractivity (Wildman–Crippen MR) is 88.6 cm³/mol. The van der Waals surface area contributed by atoms with Crippen LogP contribution in [0, 0.1) is 13.8 Å². The van der Waals surface area contributed by atoms with Gasteiger partial charge in [-0.25, -0.2) is 0 Å². The lowest BCUT2D eigenvalue weighted by Crippen LogP contribution is -2.29. The molecule has 1 aliphatic heterocycles. The van der Waals surface area contributed by atoms with Gasteiger partial charge >= 0.3 is 0 Å². The molecule has 0 unspecified atom stereocenters. The quantitative estimate of drug-likeness (QED) is 0.938. The van der Waals surface area contributed by atoms with Gasteiger partial charge in [0.25, 0.3) is 0 Å². The minimum atomic E-state index is 0.939. The van der Waals surface area contributed by atoms with Gasteiger partial charge in [0.15, 0.2) is 0 Å². The van der Waals surface area contributed by atoms with Gasteiger partial charge < -0.3 is 10.2 Å². The van der Waals surface area contributed by atoms with Crippen LogP contribution in [-0.4, -0.2) is 30.0 Å². The molecule has 2 aromatic rings. The van der Waals surface area contributed by atoms with Crippen molar-refractivity contribution in [2.45, 2.75) is 40.3 Å². The third-order valence-corrected chi connectivity index (χ3v) is 4.70. The molecule has 0 aliphatic carbocycles. The Morgan fingerprint density at radius 1 is 1.29 bits per heavy atom. The van der Waals surface area contributed by atoms with Crippen LogP contribution in [-0.2, 0) is 19.5 Å². The van der Waals surface area contributed by atoms with Crippen LogP contribution in [0.25, 0.3) is 10.9 Å². The number of aromatic nitrogens is 1. The molecule has 0 atom stereocenters. The molecule has 0 fully saturated rings. The molecule has 1 aromatic carbocycles. The van der Waals surface area contributed by atoms with Crippen molar-refractivity contribution in [1.82, 2.24) is 15.2 Å². The molecular weight excluding hydrogens is 258 g/mol. The molecule has 1 aliphatic rings. The van der Waals surface area contributed by atoms with Crippen LogP contribution in [0.15, 0.2) is 12.1 Å². The molecule has 3 rings (SSSR count). The minimum Gasteiger partial charge on any atom is -0.313 e. The van der Waals surface area contributed by atoms with E-state index in [0.29, 0.717) is 0 Å². The molecule has 21 heavy (non-hydrogen) atoms. The third kappa shape index (κ3) is 2.56. The van der Waals surface area contributed by atoms with Crippen molar-refractivity contribution in [3.63, 3.8) is 0 Å². The van der Waals surface area contributed by atoms with Crippen molar-refractivity contribution in [1.29, 1.82) is 0 Å². The summed E-state index contributed by atoms with van der Waals surface area (Å²) in [6.07, 6.45) is 1.06. The molecule has 0 saturated heterocycles. The summed E-state index contributed by atoms with van der Waals surface area (Å²) in [4.78, 5) is 7.42. The van der Waals surface area contributed by atoms with Crippen LogP contribution >= 0.6 is 0 Å². The second kappa shape index (κ2) is 5.74. The first-order valence-electron chi connectivity index (χ1n) is 7.91. The number of likely N-dealkylation sites (N-methyl/N-ethyl adjacent to an activating group) is 1. The van der Waals surface area contributed by atoms with Gasteiger partial charge in [0.05, 0.1) is 5.52 Å². The van der Waals surface area contributed by atoms with Crippen LogP contribution in [0.2, 0.25) is 0 Å². The number of hydrogen-bond acceptors (Lipinski definition) is 3. The summed E-state index contributed by atoms with van der Waals surface area (Å²) in [5.74, 6) is 0. The Balaban J connectivity index is 2.25. The lowest BCUT2D eigenvalue weighted by molar-refractivity contribution is 0.309. The van der Waals surface area contributed by atoms with Crippen LogP contribution < -0.4 is 5.32 Å². The zero-order chi connectivity index (χ0) is 15.0. The number of hydrogen-bond donors (Lipinski definition) is 1. The smallest absolute Gasteiger partial charge is 0.0740 e. The zero-order valence-corrected chi connectivity index (χ0v) is 13.6. The maximum Gasteiger partial charge on any atom is 0.0740 e. The highest BCUT2D eigenvalue weighted by Crippen LogP contribution is 2.30. The normalized spacial score (nSPS) is 15.4. The van der Waals surface area contributed by atoms with Gasteiger partial charge in [-0.3, -0.25) is 4.98 Å². The molecule has 0 bridgehead atoms. The Morgan fingerprint density at radius 2 is 2.10 bits per heavy atom. The summed E-state index contributed by atoms with van der Waals surface area (Å²) in [5, 5.41) is 4.84. The number of nitrogens with zero attached hydrogens (tertiary/aromatic N) is 2. The Hall–Kier alpha value is -1.45. The van der Waals surface area contributed by atoms with Gasteiger partial charge in [0, 0.05) is 37.1 Å². The Labute approximate surface area is 127 Å². The largest absolute Gasteiger partial charge is 0.313 e. The first kappa shape index (κ1) is 14.5. The molecule has 3 heteroatoms. The van der Waals surface area contributed by atoms with Gasteiger partial charge in [-0.1, -0.05) is 19.1 Å². The predicted octanol–water partition coefficient (Wildman–Crippen LogP) is 2.95. The number of pyridine rings is 1. The first-order chi connectivity index (χ1) is 10.1. The standard InChI is InChI=1S/C18H25N3/c1-5-19-10-15-14-7-6-12(2)13(3)18(14)20-17-8-9-21(4)11-16(15)17/h6-7,19H,5,8-11H2,1-4H3. The van der Waals surface area contributed by atoms with Gasteiger partial charge in [0.2, 0.25) is 0 Å². The molecule has 0 radical (unpaired) electrons. The van der Waals surface area contributed by atoms with Crippen LogP contribution in [0.4, 0.5) is 0 Å². The second-order valence-corrected chi connectivity index (χ2v) is 6.19. The lowest BCUT2D eigenvalue weighted by Gasteiger charge is -2.28. The van der Waals surface area contributed by atoms with Gasteiger partial charge in [-0.05, 0) is 49.7 Å². The van der Waals surface area contributed by atoms with E-state index < -0.39 is 0 Å². The highest BCUT2D eigenvalue weighted by molar-refractivity contribution is 5.87. The van der Waals surface area contributed by atoms with Crippen molar-refractivity contribution in [2.75, 3.05) is 20.1 Å². The van der Waals surface area contributed by atoms with E-state index in [4.69, 9.17) is 4.98 Å². The number of rotatable bonds is 3. The maximum atomic E-state index is 5.02. The Bertz CT molecular complexity index is 676. The summed E-state index contributed by atoms with van der Waals surface area (Å²) in [7, 11) is 2.20. The molecule has 0 saturated carbocycles.